The summed E-state index contributed by atoms with van der Waals surface area (Å²) < 4.78 is 2.01. The second-order valence-corrected chi connectivity index (χ2v) is 5.27. The number of carboxylic acids is 1. The average molecular weight is 296 g/mol. The van der Waals surface area contributed by atoms with E-state index in [9.17, 15) is 9.59 Å². The van der Waals surface area contributed by atoms with Gasteiger partial charge in [-0.3, -0.25) is 4.79 Å². The van der Waals surface area contributed by atoms with Gasteiger partial charge in [0.05, 0.1) is 5.69 Å². The first-order chi connectivity index (χ1) is 10.5. The highest BCUT2D eigenvalue weighted by Gasteiger charge is 2.14. The van der Waals surface area contributed by atoms with Gasteiger partial charge in [0.1, 0.15) is 5.56 Å². The third-order valence-corrected chi connectivity index (χ3v) is 3.91. The average Bonchev–Trinajstić information content (AvgIpc) is 2.87. The fourth-order valence-corrected chi connectivity index (χ4v) is 2.69. The zero-order valence-corrected chi connectivity index (χ0v) is 12.4. The molecule has 5 heteroatoms. The van der Waals surface area contributed by atoms with E-state index in [4.69, 9.17) is 5.11 Å². The van der Waals surface area contributed by atoms with Crippen molar-refractivity contribution in [3.63, 3.8) is 0 Å². The molecular weight excluding hydrogens is 280 g/mol. The number of aromatic amines is 1. The van der Waals surface area contributed by atoms with Crippen LogP contribution >= 0.6 is 0 Å². The zero-order chi connectivity index (χ0) is 15.9. The summed E-state index contributed by atoms with van der Waals surface area (Å²) in [5.41, 5.74) is 2.63. The normalized spacial score (nSPS) is 11.0. The van der Waals surface area contributed by atoms with Gasteiger partial charge in [0.2, 0.25) is 0 Å². The van der Waals surface area contributed by atoms with Gasteiger partial charge in [-0.05, 0) is 35.6 Å². The number of rotatable bonds is 3. The summed E-state index contributed by atoms with van der Waals surface area (Å²) in [4.78, 5) is 25.8. The Hall–Kier alpha value is -2.82. The molecule has 2 heterocycles. The minimum absolute atomic E-state index is 0.222. The van der Waals surface area contributed by atoms with Gasteiger partial charge in [0, 0.05) is 24.3 Å². The van der Waals surface area contributed by atoms with Crippen molar-refractivity contribution in [2.24, 2.45) is 7.05 Å². The van der Waals surface area contributed by atoms with Crippen LogP contribution in [0.4, 0.5) is 0 Å². The Balaban J connectivity index is 2.25. The molecule has 1 aromatic carbocycles. The quantitative estimate of drug-likeness (QED) is 0.780. The Kier molecular flexibility index (Phi) is 3.33. The molecule has 2 aromatic heterocycles. The highest BCUT2D eigenvalue weighted by atomic mass is 16.4. The van der Waals surface area contributed by atoms with Crippen molar-refractivity contribution in [2.75, 3.05) is 0 Å². The summed E-state index contributed by atoms with van der Waals surface area (Å²) in [5.74, 6) is -1.21. The lowest BCUT2D eigenvalue weighted by atomic mass is 10.0. The molecule has 0 aliphatic rings. The SMILES string of the molecule is CCc1cc(C(=O)O)c(=O)[nH]c1-c1ccc2ccn(C)c2c1. The van der Waals surface area contributed by atoms with Crippen molar-refractivity contribution in [1.29, 1.82) is 0 Å². The Morgan fingerprint density at radius 2 is 2.05 bits per heavy atom. The maximum absolute atomic E-state index is 12.0. The molecule has 112 valence electrons. The second-order valence-electron chi connectivity index (χ2n) is 5.27. The molecule has 22 heavy (non-hydrogen) atoms. The standard InChI is InChI=1S/C17H16N2O3/c1-3-10-8-13(17(21)22)16(20)18-15(10)12-5-4-11-6-7-19(2)14(11)9-12/h4-9H,3H2,1-2H3,(H,18,20)(H,21,22). The van der Waals surface area contributed by atoms with Crippen molar-refractivity contribution in [3.05, 3.63) is 58.0 Å². The van der Waals surface area contributed by atoms with Crippen LogP contribution in [0.5, 0.6) is 0 Å². The van der Waals surface area contributed by atoms with E-state index in [1.807, 2.05) is 49.0 Å². The van der Waals surface area contributed by atoms with Crippen molar-refractivity contribution in [1.82, 2.24) is 9.55 Å². The monoisotopic (exact) mass is 296 g/mol. The van der Waals surface area contributed by atoms with E-state index in [-0.39, 0.29) is 5.56 Å². The summed E-state index contributed by atoms with van der Waals surface area (Å²) in [6.45, 7) is 1.93. The van der Waals surface area contributed by atoms with Gasteiger partial charge in [-0.15, -0.1) is 0 Å². The third kappa shape index (κ3) is 2.20. The molecule has 0 radical (unpaired) electrons. The molecule has 0 aliphatic carbocycles. The van der Waals surface area contributed by atoms with Crippen LogP contribution in [0, 0.1) is 0 Å². The van der Waals surface area contributed by atoms with E-state index < -0.39 is 11.5 Å². The maximum Gasteiger partial charge on any atom is 0.341 e. The molecule has 0 saturated heterocycles. The lowest BCUT2D eigenvalue weighted by molar-refractivity contribution is 0.0695. The number of nitrogens with zero attached hydrogens (tertiary/aromatic N) is 1. The Morgan fingerprint density at radius 1 is 1.27 bits per heavy atom. The smallest absolute Gasteiger partial charge is 0.341 e. The van der Waals surface area contributed by atoms with Gasteiger partial charge in [-0.25, -0.2) is 4.79 Å². The number of benzene rings is 1. The first-order valence-corrected chi connectivity index (χ1v) is 7.06. The van der Waals surface area contributed by atoms with Crippen molar-refractivity contribution in [2.45, 2.75) is 13.3 Å². The summed E-state index contributed by atoms with van der Waals surface area (Å²) in [7, 11) is 1.96. The van der Waals surface area contributed by atoms with Gasteiger partial charge in [0.25, 0.3) is 5.56 Å². The Morgan fingerprint density at radius 3 is 2.73 bits per heavy atom. The van der Waals surface area contributed by atoms with E-state index >= 15 is 0 Å². The fraction of sp³-hybridized carbons (Fsp3) is 0.176. The summed E-state index contributed by atoms with van der Waals surface area (Å²) in [6.07, 6.45) is 2.61. The van der Waals surface area contributed by atoms with Gasteiger partial charge in [0.15, 0.2) is 0 Å². The molecule has 0 unspecified atom stereocenters. The molecule has 0 spiro atoms. The van der Waals surface area contributed by atoms with Crippen LogP contribution in [-0.4, -0.2) is 20.6 Å². The molecule has 0 atom stereocenters. The van der Waals surface area contributed by atoms with Crippen LogP contribution in [0.15, 0.2) is 41.3 Å². The molecule has 0 fully saturated rings. The number of hydrogen-bond donors (Lipinski definition) is 2. The number of hydrogen-bond acceptors (Lipinski definition) is 2. The number of aromatic carboxylic acids is 1. The molecule has 3 aromatic rings. The van der Waals surface area contributed by atoms with Crippen molar-refractivity contribution in [3.8, 4) is 11.3 Å². The number of pyridine rings is 1. The van der Waals surface area contributed by atoms with E-state index in [1.54, 1.807) is 0 Å². The van der Waals surface area contributed by atoms with Crippen LogP contribution < -0.4 is 5.56 Å². The van der Waals surface area contributed by atoms with Crippen molar-refractivity contribution < 1.29 is 9.90 Å². The number of fused-ring (bicyclic) bond motifs is 1. The predicted octanol–water partition coefficient (Wildman–Crippen LogP) is 2.79. The van der Waals surface area contributed by atoms with E-state index in [0.29, 0.717) is 12.1 Å². The zero-order valence-electron chi connectivity index (χ0n) is 12.4. The number of H-pyrrole nitrogens is 1. The van der Waals surface area contributed by atoms with Crippen LogP contribution in [0.25, 0.3) is 22.2 Å². The van der Waals surface area contributed by atoms with E-state index in [2.05, 4.69) is 4.98 Å². The molecule has 0 saturated carbocycles. The van der Waals surface area contributed by atoms with Crippen molar-refractivity contribution >= 4 is 16.9 Å². The van der Waals surface area contributed by atoms with Gasteiger partial charge in [-0.2, -0.15) is 0 Å². The summed E-state index contributed by atoms with van der Waals surface area (Å²) >= 11 is 0. The maximum atomic E-state index is 12.0. The van der Waals surface area contributed by atoms with Crippen LogP contribution in [0.2, 0.25) is 0 Å². The minimum Gasteiger partial charge on any atom is -0.477 e. The molecule has 3 rings (SSSR count). The number of carboxylic acid groups (broad SMARTS) is 1. The minimum atomic E-state index is -1.21. The Labute approximate surface area is 126 Å². The number of aromatic nitrogens is 2. The van der Waals surface area contributed by atoms with Crippen LogP contribution in [0.1, 0.15) is 22.8 Å². The first-order valence-electron chi connectivity index (χ1n) is 7.06. The first kappa shape index (κ1) is 14.1. The van der Waals surface area contributed by atoms with Crippen LogP contribution in [-0.2, 0) is 13.5 Å². The summed E-state index contributed by atoms with van der Waals surface area (Å²) in [6, 6.07) is 9.42. The molecule has 5 nitrogen and oxygen atoms in total. The molecule has 0 aliphatic heterocycles. The molecule has 0 bridgehead atoms. The molecule has 2 N–H and O–H groups in total. The predicted molar refractivity (Wildman–Crippen MR) is 85.3 cm³/mol. The van der Waals surface area contributed by atoms with E-state index in [1.165, 1.54) is 6.07 Å². The van der Waals surface area contributed by atoms with Gasteiger partial charge in [-0.1, -0.05) is 19.1 Å². The number of nitrogens with one attached hydrogen (secondary N) is 1. The number of aryl methyl sites for hydroxylation is 2. The lowest BCUT2D eigenvalue weighted by Crippen LogP contribution is -2.19. The topological polar surface area (TPSA) is 75.1 Å². The highest BCUT2D eigenvalue weighted by molar-refractivity contribution is 5.89. The highest BCUT2D eigenvalue weighted by Crippen LogP contribution is 2.26. The molecule has 0 amide bonds. The second kappa shape index (κ2) is 5.18. The third-order valence-electron chi connectivity index (χ3n) is 3.91. The summed E-state index contributed by atoms with van der Waals surface area (Å²) in [5, 5.41) is 10.2. The number of carbonyl (C=O) groups is 1. The molecular formula is C17H16N2O3. The lowest BCUT2D eigenvalue weighted by Gasteiger charge is -2.10. The van der Waals surface area contributed by atoms with Gasteiger partial charge < -0.3 is 14.7 Å². The Bertz CT molecular complexity index is 935. The fourth-order valence-electron chi connectivity index (χ4n) is 2.69. The van der Waals surface area contributed by atoms with Crippen LogP contribution in [0.3, 0.4) is 0 Å². The van der Waals surface area contributed by atoms with Gasteiger partial charge >= 0.3 is 5.97 Å². The largest absolute Gasteiger partial charge is 0.477 e. The van der Waals surface area contributed by atoms with E-state index in [0.717, 1.165) is 22.0 Å².